The molecule has 1 unspecified atom stereocenters. The molecule has 29 heavy (non-hydrogen) atoms. The molecule has 2 amide bonds. The van der Waals surface area contributed by atoms with Crippen molar-refractivity contribution in [1.82, 2.24) is 10.6 Å². The van der Waals surface area contributed by atoms with Gasteiger partial charge in [-0.05, 0) is 11.1 Å². The van der Waals surface area contributed by atoms with Gasteiger partial charge in [-0.15, -0.1) is 0 Å². The summed E-state index contributed by atoms with van der Waals surface area (Å²) in [4.78, 5) is 49.1. The monoisotopic (exact) mass is 396 g/mol. The van der Waals surface area contributed by atoms with Crippen LogP contribution in [0.5, 0.6) is 0 Å². The van der Waals surface area contributed by atoms with Crippen LogP contribution < -0.4 is 10.6 Å². The topological polar surface area (TPSA) is 111 Å². The van der Waals surface area contributed by atoms with E-state index in [4.69, 9.17) is 4.74 Å². The predicted octanol–water partition coefficient (Wildman–Crippen LogP) is 0.670. The Morgan fingerprint density at radius 3 is 2.24 bits per heavy atom. The zero-order valence-electron chi connectivity index (χ0n) is 15.7. The fourth-order valence-corrected chi connectivity index (χ4v) is 2.94. The lowest BCUT2D eigenvalue weighted by atomic mass is 9.94. The standard InChI is InChI=1S/C21H20N2O6/c1-28-21(27)17-16(19(25)23-17)22-18(24)15(14-10-6-3-7-11-14)20(26)29-12-13-8-4-2-5-9-13/h2-11,15-17H,12H2,1H3,(H,22,24)(H,23,25)/t15?,16-,17-/m1/s1. The molecule has 1 aliphatic heterocycles. The third kappa shape index (κ3) is 4.60. The number of carbonyl (C=O) groups is 4. The molecule has 2 aromatic carbocycles. The van der Waals surface area contributed by atoms with Crippen molar-refractivity contribution in [3.8, 4) is 0 Å². The Hall–Kier alpha value is -3.68. The highest BCUT2D eigenvalue weighted by Crippen LogP contribution is 2.20. The second-order valence-electron chi connectivity index (χ2n) is 6.43. The van der Waals surface area contributed by atoms with Gasteiger partial charge in [0.15, 0.2) is 12.0 Å². The van der Waals surface area contributed by atoms with Crippen molar-refractivity contribution < 1.29 is 28.7 Å². The summed E-state index contributed by atoms with van der Waals surface area (Å²) in [5, 5.41) is 4.82. The second kappa shape index (κ2) is 9.01. The minimum Gasteiger partial charge on any atom is -0.467 e. The van der Waals surface area contributed by atoms with E-state index in [1.807, 2.05) is 18.2 Å². The summed E-state index contributed by atoms with van der Waals surface area (Å²) in [5.41, 5.74) is 1.19. The van der Waals surface area contributed by atoms with Crippen molar-refractivity contribution in [2.45, 2.75) is 24.6 Å². The number of methoxy groups -OCH3 is 1. The van der Waals surface area contributed by atoms with Crippen LogP contribution in [0.15, 0.2) is 60.7 Å². The molecule has 0 saturated carbocycles. The van der Waals surface area contributed by atoms with E-state index in [0.29, 0.717) is 5.56 Å². The molecule has 0 aromatic heterocycles. The number of nitrogens with one attached hydrogen (secondary N) is 2. The van der Waals surface area contributed by atoms with Gasteiger partial charge in [0.05, 0.1) is 7.11 Å². The van der Waals surface area contributed by atoms with Gasteiger partial charge in [0.25, 0.3) is 0 Å². The normalized spacial score (nSPS) is 18.6. The highest BCUT2D eigenvalue weighted by Gasteiger charge is 2.47. The Balaban J connectivity index is 1.74. The largest absolute Gasteiger partial charge is 0.467 e. The maximum Gasteiger partial charge on any atom is 0.331 e. The van der Waals surface area contributed by atoms with Crippen LogP contribution in [-0.2, 0) is 35.3 Å². The van der Waals surface area contributed by atoms with Crippen molar-refractivity contribution in [1.29, 1.82) is 0 Å². The number of hydrogen-bond donors (Lipinski definition) is 2. The third-order valence-corrected chi connectivity index (χ3v) is 4.52. The first-order valence-corrected chi connectivity index (χ1v) is 8.95. The molecule has 150 valence electrons. The molecule has 0 bridgehead atoms. The average Bonchev–Trinajstić information content (AvgIpc) is 2.75. The molecule has 1 fully saturated rings. The maximum absolute atomic E-state index is 12.9. The molecular weight excluding hydrogens is 376 g/mol. The van der Waals surface area contributed by atoms with Gasteiger partial charge < -0.3 is 20.1 Å². The zero-order valence-corrected chi connectivity index (χ0v) is 15.7. The number of amides is 2. The molecule has 1 aliphatic rings. The molecule has 0 spiro atoms. The van der Waals surface area contributed by atoms with Crippen molar-refractivity contribution in [3.05, 3.63) is 71.8 Å². The SMILES string of the molecule is COC(=O)[C@@H]1NC(=O)[C@@H]1NC(=O)C(C(=O)OCc1ccccc1)c1ccccc1. The van der Waals surface area contributed by atoms with Crippen LogP contribution in [0.2, 0.25) is 0 Å². The van der Waals surface area contributed by atoms with Crippen molar-refractivity contribution >= 4 is 23.8 Å². The first-order chi connectivity index (χ1) is 14.0. The molecule has 0 aliphatic carbocycles. The van der Waals surface area contributed by atoms with Crippen molar-refractivity contribution in [2.75, 3.05) is 7.11 Å². The predicted molar refractivity (Wildman–Crippen MR) is 101 cm³/mol. The van der Waals surface area contributed by atoms with Crippen LogP contribution in [-0.4, -0.2) is 42.9 Å². The van der Waals surface area contributed by atoms with Crippen LogP contribution in [0.1, 0.15) is 17.0 Å². The molecule has 0 radical (unpaired) electrons. The number of β-lactam (4-membered cyclic amide) rings is 1. The molecule has 2 N–H and O–H groups in total. The van der Waals surface area contributed by atoms with E-state index in [2.05, 4.69) is 15.4 Å². The smallest absolute Gasteiger partial charge is 0.331 e. The number of rotatable bonds is 7. The molecule has 1 heterocycles. The van der Waals surface area contributed by atoms with Gasteiger partial charge in [-0.1, -0.05) is 60.7 Å². The number of ether oxygens (including phenoxy) is 2. The van der Waals surface area contributed by atoms with Crippen LogP contribution in [0.25, 0.3) is 0 Å². The average molecular weight is 396 g/mol. The van der Waals surface area contributed by atoms with Gasteiger partial charge in [0, 0.05) is 0 Å². The van der Waals surface area contributed by atoms with Crippen molar-refractivity contribution in [2.24, 2.45) is 0 Å². The lowest BCUT2D eigenvalue weighted by molar-refractivity contribution is -0.155. The summed E-state index contributed by atoms with van der Waals surface area (Å²) in [7, 11) is 1.18. The highest BCUT2D eigenvalue weighted by molar-refractivity contribution is 6.07. The molecule has 8 heteroatoms. The molecule has 8 nitrogen and oxygen atoms in total. The minimum absolute atomic E-state index is 0.00495. The molecule has 1 saturated heterocycles. The first-order valence-electron chi connectivity index (χ1n) is 8.95. The van der Waals surface area contributed by atoms with E-state index in [-0.39, 0.29) is 6.61 Å². The Morgan fingerprint density at radius 2 is 1.66 bits per heavy atom. The van der Waals surface area contributed by atoms with E-state index in [1.165, 1.54) is 7.11 Å². The van der Waals surface area contributed by atoms with Crippen molar-refractivity contribution in [3.63, 3.8) is 0 Å². The Bertz CT molecular complexity index is 900. The summed E-state index contributed by atoms with van der Waals surface area (Å²) in [5.74, 6) is -3.99. The fraction of sp³-hybridized carbons (Fsp3) is 0.238. The quantitative estimate of drug-likeness (QED) is 0.404. The molecular formula is C21H20N2O6. The van der Waals surface area contributed by atoms with Crippen LogP contribution >= 0.6 is 0 Å². The van der Waals surface area contributed by atoms with Gasteiger partial charge in [0.2, 0.25) is 11.8 Å². The van der Waals surface area contributed by atoms with Crippen LogP contribution in [0, 0.1) is 0 Å². The number of carbonyl (C=O) groups excluding carboxylic acids is 4. The summed E-state index contributed by atoms with van der Waals surface area (Å²) >= 11 is 0. The summed E-state index contributed by atoms with van der Waals surface area (Å²) in [6.07, 6.45) is 0. The Kier molecular flexibility index (Phi) is 6.23. The highest BCUT2D eigenvalue weighted by atomic mass is 16.5. The Morgan fingerprint density at radius 1 is 1.03 bits per heavy atom. The van der Waals surface area contributed by atoms with Gasteiger partial charge in [0.1, 0.15) is 12.6 Å². The number of benzene rings is 2. The lowest BCUT2D eigenvalue weighted by Gasteiger charge is -2.35. The van der Waals surface area contributed by atoms with E-state index >= 15 is 0 Å². The number of esters is 2. The van der Waals surface area contributed by atoms with E-state index in [9.17, 15) is 19.2 Å². The minimum atomic E-state index is -1.29. The maximum atomic E-state index is 12.9. The number of hydrogen-bond acceptors (Lipinski definition) is 6. The van der Waals surface area contributed by atoms with Gasteiger partial charge in [-0.25, -0.2) is 4.79 Å². The summed E-state index contributed by atoms with van der Waals surface area (Å²) in [6, 6.07) is 15.3. The molecule has 3 rings (SSSR count). The lowest BCUT2D eigenvalue weighted by Crippen LogP contribution is -2.72. The van der Waals surface area contributed by atoms with Crippen LogP contribution in [0.3, 0.4) is 0 Å². The van der Waals surface area contributed by atoms with E-state index in [0.717, 1.165) is 5.56 Å². The van der Waals surface area contributed by atoms with E-state index < -0.39 is 41.8 Å². The molecule has 3 atom stereocenters. The van der Waals surface area contributed by atoms with Crippen LogP contribution in [0.4, 0.5) is 0 Å². The molecule has 2 aromatic rings. The summed E-state index contributed by atoms with van der Waals surface area (Å²) in [6.45, 7) is 0.00495. The Labute approximate surface area is 167 Å². The van der Waals surface area contributed by atoms with Gasteiger partial charge in [-0.2, -0.15) is 0 Å². The van der Waals surface area contributed by atoms with Gasteiger partial charge in [-0.3, -0.25) is 14.4 Å². The second-order valence-corrected chi connectivity index (χ2v) is 6.43. The third-order valence-electron chi connectivity index (χ3n) is 4.52. The fourth-order valence-electron chi connectivity index (χ4n) is 2.94. The first kappa shape index (κ1) is 20.1. The van der Waals surface area contributed by atoms with Gasteiger partial charge >= 0.3 is 11.9 Å². The summed E-state index contributed by atoms with van der Waals surface area (Å²) < 4.78 is 9.93. The zero-order chi connectivity index (χ0) is 20.8. The van der Waals surface area contributed by atoms with E-state index in [1.54, 1.807) is 42.5 Å².